The Morgan fingerprint density at radius 1 is 1.16 bits per heavy atom. The van der Waals surface area contributed by atoms with Gasteiger partial charge in [0.1, 0.15) is 30.6 Å². The fraction of sp³-hybridized carbons (Fsp3) is 0.182. The molecule has 164 valence electrons. The lowest BCUT2D eigenvalue weighted by Gasteiger charge is -2.11. The van der Waals surface area contributed by atoms with Crippen LogP contribution in [0.4, 0.5) is 5.13 Å². The van der Waals surface area contributed by atoms with Gasteiger partial charge in [-0.1, -0.05) is 36.0 Å². The molecule has 10 heteroatoms. The van der Waals surface area contributed by atoms with Crippen molar-refractivity contribution in [1.82, 2.24) is 9.36 Å². The summed E-state index contributed by atoms with van der Waals surface area (Å²) in [6, 6.07) is 16.4. The molecule has 0 saturated carbocycles. The summed E-state index contributed by atoms with van der Waals surface area (Å²) in [5.74, 6) is 1.42. The molecule has 0 atom stereocenters. The van der Waals surface area contributed by atoms with Gasteiger partial charge < -0.3 is 14.2 Å². The first-order valence-corrected chi connectivity index (χ1v) is 11.4. The van der Waals surface area contributed by atoms with Gasteiger partial charge in [0, 0.05) is 11.5 Å². The molecule has 1 amide bonds. The molecule has 2 aromatic carbocycles. The van der Waals surface area contributed by atoms with Crippen LogP contribution in [0.5, 0.6) is 17.2 Å². The van der Waals surface area contributed by atoms with Gasteiger partial charge in [-0.2, -0.15) is 14.6 Å². The first kappa shape index (κ1) is 23.1. The molecule has 32 heavy (non-hydrogen) atoms. The van der Waals surface area contributed by atoms with Gasteiger partial charge in [0.05, 0.1) is 7.11 Å². The highest BCUT2D eigenvalue weighted by molar-refractivity contribution is 7.98. The number of hydrogen-bond acceptors (Lipinski definition) is 9. The predicted molar refractivity (Wildman–Crippen MR) is 124 cm³/mol. The summed E-state index contributed by atoms with van der Waals surface area (Å²) in [5.41, 5.74) is 0.654. The minimum atomic E-state index is -0.537. The highest BCUT2D eigenvalue weighted by atomic mass is 32.2. The van der Waals surface area contributed by atoms with Crippen molar-refractivity contribution in [2.45, 2.75) is 5.16 Å². The first-order chi connectivity index (χ1) is 15.6. The van der Waals surface area contributed by atoms with Gasteiger partial charge in [-0.3, -0.25) is 10.1 Å². The van der Waals surface area contributed by atoms with Crippen LogP contribution in [0.25, 0.3) is 6.08 Å². The van der Waals surface area contributed by atoms with Crippen LogP contribution in [0.15, 0.2) is 59.3 Å². The third-order valence-electron chi connectivity index (χ3n) is 4.05. The average molecular weight is 469 g/mol. The summed E-state index contributed by atoms with van der Waals surface area (Å²) < 4.78 is 20.7. The largest absolute Gasteiger partial charge is 0.493 e. The van der Waals surface area contributed by atoms with Crippen molar-refractivity contribution < 1.29 is 19.0 Å². The van der Waals surface area contributed by atoms with Crippen LogP contribution in [0.1, 0.15) is 5.56 Å². The van der Waals surface area contributed by atoms with E-state index in [1.165, 1.54) is 17.8 Å². The number of nitriles is 1. The van der Waals surface area contributed by atoms with Crippen molar-refractivity contribution in [2.24, 2.45) is 0 Å². The summed E-state index contributed by atoms with van der Waals surface area (Å²) in [5, 5.41) is 12.9. The minimum absolute atomic E-state index is 0.0372. The van der Waals surface area contributed by atoms with Crippen molar-refractivity contribution in [3.05, 3.63) is 59.7 Å². The Bertz CT molecular complexity index is 1120. The number of amides is 1. The number of benzene rings is 2. The summed E-state index contributed by atoms with van der Waals surface area (Å²) in [6.45, 7) is 0.698. The molecule has 8 nitrogen and oxygen atoms in total. The van der Waals surface area contributed by atoms with Crippen LogP contribution < -0.4 is 19.5 Å². The maximum atomic E-state index is 12.3. The number of carbonyl (C=O) groups is 1. The summed E-state index contributed by atoms with van der Waals surface area (Å²) in [7, 11) is 1.59. The van der Waals surface area contributed by atoms with Crippen LogP contribution in [-0.4, -0.2) is 41.8 Å². The lowest BCUT2D eigenvalue weighted by atomic mass is 10.1. The molecule has 1 aromatic heterocycles. The van der Waals surface area contributed by atoms with Crippen molar-refractivity contribution in [3.8, 4) is 23.3 Å². The van der Waals surface area contributed by atoms with Crippen molar-refractivity contribution >= 4 is 40.4 Å². The van der Waals surface area contributed by atoms with Gasteiger partial charge >= 0.3 is 0 Å². The Kier molecular flexibility index (Phi) is 8.48. The second-order valence-corrected chi connectivity index (χ2v) is 7.65. The Balaban J connectivity index is 1.52. The van der Waals surface area contributed by atoms with E-state index in [4.69, 9.17) is 14.2 Å². The molecule has 1 heterocycles. The molecule has 0 bridgehead atoms. The van der Waals surface area contributed by atoms with E-state index in [2.05, 4.69) is 14.7 Å². The first-order valence-electron chi connectivity index (χ1n) is 9.42. The quantitative estimate of drug-likeness (QED) is 0.203. The maximum Gasteiger partial charge on any atom is 0.268 e. The molecule has 3 rings (SSSR count). The van der Waals surface area contributed by atoms with E-state index < -0.39 is 5.91 Å². The summed E-state index contributed by atoms with van der Waals surface area (Å²) in [6.07, 6.45) is 3.34. The fourth-order valence-corrected chi connectivity index (χ4v) is 3.65. The van der Waals surface area contributed by atoms with E-state index in [0.29, 0.717) is 46.3 Å². The van der Waals surface area contributed by atoms with Gasteiger partial charge in [0.2, 0.25) is 10.3 Å². The lowest BCUT2D eigenvalue weighted by Crippen LogP contribution is -2.13. The van der Waals surface area contributed by atoms with Gasteiger partial charge in [0.25, 0.3) is 5.91 Å². The zero-order valence-corrected chi connectivity index (χ0v) is 19.0. The normalized spacial score (nSPS) is 10.8. The molecule has 0 radical (unpaired) electrons. The molecule has 0 aliphatic carbocycles. The molecule has 3 aromatic rings. The lowest BCUT2D eigenvalue weighted by molar-refractivity contribution is -0.112. The van der Waals surface area contributed by atoms with Crippen molar-refractivity contribution in [3.63, 3.8) is 0 Å². The zero-order valence-electron chi connectivity index (χ0n) is 17.4. The molecule has 0 saturated heterocycles. The number of nitrogens with one attached hydrogen (secondary N) is 1. The Morgan fingerprint density at radius 3 is 2.53 bits per heavy atom. The molecular weight excluding hydrogens is 448 g/mol. The number of thioether (sulfide) groups is 1. The number of para-hydroxylation sites is 2. The van der Waals surface area contributed by atoms with Crippen molar-refractivity contribution in [1.29, 1.82) is 5.26 Å². The molecule has 0 aliphatic heterocycles. The van der Waals surface area contributed by atoms with Gasteiger partial charge in [0.15, 0.2) is 11.5 Å². The second kappa shape index (κ2) is 11.7. The van der Waals surface area contributed by atoms with Gasteiger partial charge in [-0.25, -0.2) is 0 Å². The van der Waals surface area contributed by atoms with E-state index in [1.807, 2.05) is 36.6 Å². The Morgan fingerprint density at radius 2 is 1.88 bits per heavy atom. The van der Waals surface area contributed by atoms with Gasteiger partial charge in [-0.05, 0) is 42.2 Å². The van der Waals surface area contributed by atoms with Crippen LogP contribution in [-0.2, 0) is 4.79 Å². The molecule has 0 unspecified atom stereocenters. The highest BCUT2D eigenvalue weighted by Gasteiger charge is 2.12. The number of ether oxygens (including phenoxy) is 3. The van der Waals surface area contributed by atoms with E-state index >= 15 is 0 Å². The molecular formula is C22H20N4O4S2. The number of methoxy groups -OCH3 is 1. The maximum absolute atomic E-state index is 12.3. The number of hydrogen-bond donors (Lipinski definition) is 1. The van der Waals surface area contributed by atoms with Crippen LogP contribution >= 0.6 is 23.3 Å². The summed E-state index contributed by atoms with van der Waals surface area (Å²) in [4.78, 5) is 16.5. The Hall–Kier alpha value is -3.55. The SMILES string of the molecule is COc1ccccc1OCCOc1ccc(/C=C(/C#N)C(=O)Nc2nc(SC)ns2)cc1. The summed E-state index contributed by atoms with van der Waals surface area (Å²) >= 11 is 2.44. The number of rotatable bonds is 10. The molecule has 0 fully saturated rings. The third-order valence-corrected chi connectivity index (χ3v) is 5.34. The number of nitrogens with zero attached hydrogens (tertiary/aromatic N) is 3. The average Bonchev–Trinajstić information content (AvgIpc) is 3.28. The number of carbonyl (C=O) groups excluding carboxylic acids is 1. The van der Waals surface area contributed by atoms with E-state index in [9.17, 15) is 10.1 Å². The van der Waals surface area contributed by atoms with Crippen LogP contribution in [0, 0.1) is 11.3 Å². The Labute approximate surface area is 194 Å². The topological polar surface area (TPSA) is 106 Å². The predicted octanol–water partition coefficient (Wildman–Crippen LogP) is 4.27. The van der Waals surface area contributed by atoms with Crippen LogP contribution in [0.2, 0.25) is 0 Å². The molecule has 0 aliphatic rings. The molecule has 0 spiro atoms. The monoisotopic (exact) mass is 468 g/mol. The standard InChI is InChI=1S/C22H20N4O4S2/c1-28-18-5-3-4-6-19(18)30-12-11-29-17-9-7-15(8-10-17)13-16(14-23)20(27)24-21-25-22(31-2)26-32-21/h3-10,13H,11-12H2,1-2H3,(H,24,25,26,27)/b16-13-. The third kappa shape index (κ3) is 6.47. The van der Waals surface area contributed by atoms with E-state index in [1.54, 1.807) is 31.4 Å². The number of anilines is 1. The fourth-order valence-electron chi connectivity index (χ4n) is 2.53. The van der Waals surface area contributed by atoms with E-state index in [-0.39, 0.29) is 5.57 Å². The van der Waals surface area contributed by atoms with E-state index in [0.717, 1.165) is 11.5 Å². The van der Waals surface area contributed by atoms with Crippen LogP contribution in [0.3, 0.4) is 0 Å². The highest BCUT2D eigenvalue weighted by Crippen LogP contribution is 2.25. The van der Waals surface area contributed by atoms with Gasteiger partial charge in [-0.15, -0.1) is 0 Å². The second-order valence-electron chi connectivity index (χ2n) is 6.13. The zero-order chi connectivity index (χ0) is 22.8. The molecule has 1 N–H and O–H groups in total. The van der Waals surface area contributed by atoms with Crippen molar-refractivity contribution in [2.75, 3.05) is 31.9 Å². The number of aromatic nitrogens is 2. The minimum Gasteiger partial charge on any atom is -0.493 e. The smallest absolute Gasteiger partial charge is 0.268 e.